The van der Waals surface area contributed by atoms with Crippen molar-refractivity contribution in [2.75, 3.05) is 0 Å². The van der Waals surface area contributed by atoms with Crippen LogP contribution >= 0.6 is 15.9 Å². The van der Waals surface area contributed by atoms with Crippen molar-refractivity contribution in [3.63, 3.8) is 0 Å². The van der Waals surface area contributed by atoms with Gasteiger partial charge >= 0.3 is 0 Å². The molecule has 1 heterocycles. The lowest BCUT2D eigenvalue weighted by molar-refractivity contribution is 0.937. The van der Waals surface area contributed by atoms with Crippen molar-refractivity contribution in [2.45, 2.75) is 6.92 Å². The van der Waals surface area contributed by atoms with Crippen LogP contribution in [0, 0.1) is 6.92 Å². The number of nitrogens with one attached hydrogen (secondary N) is 1. The van der Waals surface area contributed by atoms with Crippen molar-refractivity contribution in [3.8, 4) is 0 Å². The molecule has 48 valence electrons. The summed E-state index contributed by atoms with van der Waals surface area (Å²) in [7, 11) is 0. The fraction of sp³-hybridized carbons (Fsp3) is 0.200. The summed E-state index contributed by atoms with van der Waals surface area (Å²) >= 11 is 3.06. The Labute approximate surface area is 60.2 Å². The number of hydrogen-bond acceptors (Lipinski definition) is 2. The van der Waals surface area contributed by atoms with Gasteiger partial charge in [-0.05, 0) is 28.9 Å². The van der Waals surface area contributed by atoms with E-state index in [4.69, 9.17) is 0 Å². The lowest BCUT2D eigenvalue weighted by atomic mass is 10.4. The van der Waals surface area contributed by atoms with E-state index < -0.39 is 0 Å². The SMILES string of the molecule is Cc1cc(Br)c(=O)[nH]n1. The summed E-state index contributed by atoms with van der Waals surface area (Å²) in [6.07, 6.45) is 0. The van der Waals surface area contributed by atoms with Crippen molar-refractivity contribution in [1.29, 1.82) is 0 Å². The summed E-state index contributed by atoms with van der Waals surface area (Å²) in [4.78, 5) is 10.6. The number of nitrogens with zero attached hydrogens (tertiary/aromatic N) is 1. The van der Waals surface area contributed by atoms with Crippen LogP contribution < -0.4 is 5.56 Å². The van der Waals surface area contributed by atoms with E-state index in [9.17, 15) is 4.79 Å². The topological polar surface area (TPSA) is 45.8 Å². The van der Waals surface area contributed by atoms with Gasteiger partial charge in [0, 0.05) is 0 Å². The Bertz CT molecular complexity index is 268. The molecule has 1 aromatic rings. The van der Waals surface area contributed by atoms with E-state index in [-0.39, 0.29) is 5.56 Å². The van der Waals surface area contributed by atoms with Gasteiger partial charge < -0.3 is 0 Å². The van der Waals surface area contributed by atoms with E-state index in [0.29, 0.717) is 4.47 Å². The molecule has 0 atom stereocenters. The molecule has 4 heteroatoms. The van der Waals surface area contributed by atoms with E-state index in [1.54, 1.807) is 13.0 Å². The highest BCUT2D eigenvalue weighted by Gasteiger charge is 1.92. The van der Waals surface area contributed by atoms with Gasteiger partial charge in [0.15, 0.2) is 0 Å². The van der Waals surface area contributed by atoms with Gasteiger partial charge in [0.25, 0.3) is 5.56 Å². The first-order valence-electron chi connectivity index (χ1n) is 2.42. The fourth-order valence-corrected chi connectivity index (χ4v) is 0.894. The molecule has 0 radical (unpaired) electrons. The summed E-state index contributed by atoms with van der Waals surface area (Å²) in [5, 5.41) is 5.99. The third kappa shape index (κ3) is 1.38. The second-order valence-electron chi connectivity index (χ2n) is 1.69. The van der Waals surface area contributed by atoms with Crippen LogP contribution in [0.5, 0.6) is 0 Å². The van der Waals surface area contributed by atoms with Crippen LogP contribution in [0.25, 0.3) is 0 Å². The number of aryl methyl sites for hydroxylation is 1. The lowest BCUT2D eigenvalue weighted by Gasteiger charge is -1.88. The van der Waals surface area contributed by atoms with Gasteiger partial charge in [-0.2, -0.15) is 5.10 Å². The molecule has 9 heavy (non-hydrogen) atoms. The van der Waals surface area contributed by atoms with E-state index in [1.165, 1.54) is 0 Å². The van der Waals surface area contributed by atoms with Gasteiger partial charge in [-0.1, -0.05) is 0 Å². The van der Waals surface area contributed by atoms with E-state index >= 15 is 0 Å². The zero-order valence-electron chi connectivity index (χ0n) is 4.81. The van der Waals surface area contributed by atoms with E-state index in [1.807, 2.05) is 0 Å². The summed E-state index contributed by atoms with van der Waals surface area (Å²) < 4.78 is 0.523. The Morgan fingerprint density at radius 1 is 1.78 bits per heavy atom. The Hall–Kier alpha value is -0.640. The van der Waals surface area contributed by atoms with Gasteiger partial charge in [0.1, 0.15) is 0 Å². The Morgan fingerprint density at radius 2 is 2.44 bits per heavy atom. The Kier molecular flexibility index (Phi) is 1.66. The van der Waals surface area contributed by atoms with Gasteiger partial charge in [0.2, 0.25) is 0 Å². The number of aromatic amines is 1. The van der Waals surface area contributed by atoms with Crippen LogP contribution in [0.3, 0.4) is 0 Å². The molecule has 0 aliphatic heterocycles. The molecule has 3 nitrogen and oxygen atoms in total. The monoisotopic (exact) mass is 188 g/mol. The van der Waals surface area contributed by atoms with Crippen LogP contribution in [0.1, 0.15) is 5.69 Å². The van der Waals surface area contributed by atoms with Crippen LogP contribution in [-0.4, -0.2) is 10.2 Å². The maximum atomic E-state index is 10.6. The smallest absolute Gasteiger partial charge is 0.267 e. The summed E-state index contributed by atoms with van der Waals surface area (Å²) in [6, 6.07) is 1.67. The molecule has 0 aliphatic carbocycles. The number of halogens is 1. The summed E-state index contributed by atoms with van der Waals surface area (Å²) in [6.45, 7) is 1.81. The molecule has 0 bridgehead atoms. The normalized spacial score (nSPS) is 9.56. The number of H-pyrrole nitrogens is 1. The molecule has 0 aromatic carbocycles. The number of aromatic nitrogens is 2. The van der Waals surface area contributed by atoms with Crippen LogP contribution in [0.15, 0.2) is 15.3 Å². The maximum absolute atomic E-state index is 10.6. The zero-order chi connectivity index (χ0) is 6.85. The molecule has 0 saturated carbocycles. The van der Waals surface area contributed by atoms with Crippen molar-refractivity contribution in [3.05, 3.63) is 26.6 Å². The molecule has 0 fully saturated rings. The first kappa shape index (κ1) is 6.48. The zero-order valence-corrected chi connectivity index (χ0v) is 6.40. The molecule has 1 rings (SSSR count). The molecule has 0 amide bonds. The number of rotatable bonds is 0. The average Bonchev–Trinajstić information content (AvgIpc) is 1.80. The molecular formula is C5H5BrN2O. The minimum Gasteiger partial charge on any atom is -0.267 e. The minimum atomic E-state index is -0.194. The highest BCUT2D eigenvalue weighted by Crippen LogP contribution is 2.00. The third-order valence-corrected chi connectivity index (χ3v) is 1.48. The van der Waals surface area contributed by atoms with Crippen molar-refractivity contribution in [2.24, 2.45) is 0 Å². The predicted molar refractivity (Wildman–Crippen MR) is 37.3 cm³/mol. The summed E-state index contributed by atoms with van der Waals surface area (Å²) in [5.41, 5.74) is 0.599. The van der Waals surface area contributed by atoms with Crippen LogP contribution in [0.2, 0.25) is 0 Å². The Morgan fingerprint density at radius 3 is 2.89 bits per heavy atom. The highest BCUT2D eigenvalue weighted by molar-refractivity contribution is 9.10. The van der Waals surface area contributed by atoms with E-state index in [2.05, 4.69) is 26.1 Å². The van der Waals surface area contributed by atoms with E-state index in [0.717, 1.165) is 5.69 Å². The maximum Gasteiger partial charge on any atom is 0.278 e. The quantitative estimate of drug-likeness (QED) is 0.657. The molecule has 0 unspecified atom stereocenters. The lowest BCUT2D eigenvalue weighted by Crippen LogP contribution is -2.08. The molecule has 0 saturated heterocycles. The van der Waals surface area contributed by atoms with Crippen molar-refractivity contribution >= 4 is 15.9 Å². The van der Waals surface area contributed by atoms with Crippen LogP contribution in [-0.2, 0) is 0 Å². The Balaban J connectivity index is 3.34. The van der Waals surface area contributed by atoms with Gasteiger partial charge in [-0.3, -0.25) is 4.79 Å². The third-order valence-electron chi connectivity index (χ3n) is 0.886. The van der Waals surface area contributed by atoms with Gasteiger partial charge in [-0.25, -0.2) is 5.10 Å². The molecule has 1 N–H and O–H groups in total. The van der Waals surface area contributed by atoms with Gasteiger partial charge in [0.05, 0.1) is 10.2 Å². The molecule has 0 aliphatic rings. The average molecular weight is 189 g/mol. The second-order valence-corrected chi connectivity index (χ2v) is 2.54. The van der Waals surface area contributed by atoms with Crippen molar-refractivity contribution < 1.29 is 0 Å². The largest absolute Gasteiger partial charge is 0.278 e. The number of hydrogen-bond donors (Lipinski definition) is 1. The molecular weight excluding hydrogens is 184 g/mol. The summed E-state index contributed by atoms with van der Waals surface area (Å²) in [5.74, 6) is 0. The second kappa shape index (κ2) is 2.31. The predicted octanol–water partition coefficient (Wildman–Crippen LogP) is 0.841. The first-order valence-corrected chi connectivity index (χ1v) is 3.21. The highest BCUT2D eigenvalue weighted by atomic mass is 79.9. The molecule has 0 spiro atoms. The minimum absolute atomic E-state index is 0.194. The fourth-order valence-electron chi connectivity index (χ4n) is 0.474. The van der Waals surface area contributed by atoms with Crippen LogP contribution in [0.4, 0.5) is 0 Å². The van der Waals surface area contributed by atoms with Gasteiger partial charge in [-0.15, -0.1) is 0 Å². The molecule has 1 aromatic heterocycles. The standard InChI is InChI=1S/C5H5BrN2O/c1-3-2-4(6)5(9)8-7-3/h2H,1H3,(H,8,9). The first-order chi connectivity index (χ1) is 4.20. The van der Waals surface area contributed by atoms with Crippen molar-refractivity contribution in [1.82, 2.24) is 10.2 Å².